The number of carbonyl (C=O) groups excluding carboxylic acids is 1. The number of benzene rings is 1. The molecule has 0 unspecified atom stereocenters. The Morgan fingerprint density at radius 2 is 2.00 bits per heavy atom. The summed E-state index contributed by atoms with van der Waals surface area (Å²) >= 11 is 4.42. The first-order chi connectivity index (χ1) is 6.50. The van der Waals surface area contributed by atoms with Gasteiger partial charge in [0.05, 0.1) is 4.87 Å². The van der Waals surface area contributed by atoms with Crippen molar-refractivity contribution < 1.29 is 4.79 Å². The highest BCUT2D eigenvalue weighted by atomic mass is 32.1. The van der Waals surface area contributed by atoms with Gasteiger partial charge < -0.3 is 4.90 Å². The zero-order valence-electron chi connectivity index (χ0n) is 8.32. The zero-order chi connectivity index (χ0) is 10.3. The lowest BCUT2D eigenvalue weighted by atomic mass is 10.1. The van der Waals surface area contributed by atoms with E-state index >= 15 is 0 Å². The molecule has 2 nitrogen and oxygen atoms in total. The van der Waals surface area contributed by atoms with Crippen molar-refractivity contribution in [1.29, 1.82) is 0 Å². The fourth-order valence-corrected chi connectivity index (χ4v) is 1.86. The molecule has 14 heavy (non-hydrogen) atoms. The lowest BCUT2D eigenvalue weighted by molar-refractivity contribution is 0.0702. The summed E-state index contributed by atoms with van der Waals surface area (Å²) in [5.41, 5.74) is 1.91. The summed E-state index contributed by atoms with van der Waals surface area (Å²) in [6.45, 7) is 4.53. The van der Waals surface area contributed by atoms with Gasteiger partial charge in [0.15, 0.2) is 0 Å². The Bertz CT molecular complexity index is 381. The van der Waals surface area contributed by atoms with Crippen molar-refractivity contribution >= 4 is 18.5 Å². The Labute approximate surface area is 89.3 Å². The Balaban J connectivity index is 2.40. The Kier molecular flexibility index (Phi) is 2.07. The van der Waals surface area contributed by atoms with Gasteiger partial charge in [0.1, 0.15) is 0 Å². The summed E-state index contributed by atoms with van der Waals surface area (Å²) in [5, 5.41) is 0. The minimum atomic E-state index is -0.393. The van der Waals surface area contributed by atoms with Gasteiger partial charge in [-0.3, -0.25) is 4.79 Å². The third kappa shape index (κ3) is 1.42. The summed E-state index contributed by atoms with van der Waals surface area (Å²) < 4.78 is 0. The maximum Gasteiger partial charge on any atom is 0.255 e. The quantitative estimate of drug-likeness (QED) is 0.701. The first-order valence-electron chi connectivity index (χ1n) is 4.62. The number of amides is 1. The van der Waals surface area contributed by atoms with E-state index in [9.17, 15) is 4.79 Å². The van der Waals surface area contributed by atoms with Crippen molar-refractivity contribution in [3.05, 3.63) is 35.4 Å². The van der Waals surface area contributed by atoms with Gasteiger partial charge in [-0.25, -0.2) is 0 Å². The summed E-state index contributed by atoms with van der Waals surface area (Å²) in [4.78, 5) is 13.3. The largest absolute Gasteiger partial charge is 0.320 e. The van der Waals surface area contributed by atoms with Crippen molar-refractivity contribution in [2.45, 2.75) is 25.3 Å². The second kappa shape index (κ2) is 3.02. The molecular formula is C11H13NOS. The van der Waals surface area contributed by atoms with Crippen molar-refractivity contribution in [2.75, 3.05) is 0 Å². The SMILES string of the molecule is CC(C)(S)N1Cc2ccccc2C1=O. The highest BCUT2D eigenvalue weighted by Crippen LogP contribution is 2.30. The molecule has 0 fully saturated rings. The molecule has 0 aromatic heterocycles. The van der Waals surface area contributed by atoms with Gasteiger partial charge in [-0.05, 0) is 25.5 Å². The second-order valence-electron chi connectivity index (χ2n) is 4.04. The van der Waals surface area contributed by atoms with E-state index in [-0.39, 0.29) is 5.91 Å². The predicted molar refractivity (Wildman–Crippen MR) is 59.4 cm³/mol. The maximum absolute atomic E-state index is 11.9. The average Bonchev–Trinajstić information content (AvgIpc) is 2.44. The molecule has 74 valence electrons. The third-order valence-electron chi connectivity index (χ3n) is 2.48. The van der Waals surface area contributed by atoms with E-state index in [2.05, 4.69) is 12.6 Å². The molecule has 0 aliphatic carbocycles. The molecule has 0 radical (unpaired) electrons. The van der Waals surface area contributed by atoms with Gasteiger partial charge >= 0.3 is 0 Å². The van der Waals surface area contributed by atoms with E-state index in [1.807, 2.05) is 38.1 Å². The third-order valence-corrected chi connectivity index (χ3v) is 2.72. The van der Waals surface area contributed by atoms with E-state index in [1.165, 1.54) is 0 Å². The monoisotopic (exact) mass is 207 g/mol. The molecule has 1 aromatic carbocycles. The number of nitrogens with zero attached hydrogens (tertiary/aromatic N) is 1. The number of carbonyl (C=O) groups is 1. The van der Waals surface area contributed by atoms with Gasteiger partial charge in [-0.2, -0.15) is 12.6 Å². The van der Waals surface area contributed by atoms with Crippen LogP contribution in [-0.4, -0.2) is 15.7 Å². The van der Waals surface area contributed by atoms with E-state index in [0.717, 1.165) is 11.1 Å². The molecule has 3 heteroatoms. The van der Waals surface area contributed by atoms with Crippen LogP contribution in [0.2, 0.25) is 0 Å². The standard InChI is InChI=1S/C11H13NOS/c1-11(2,14)12-7-8-5-3-4-6-9(8)10(12)13/h3-6,14H,7H2,1-2H3. The van der Waals surface area contributed by atoms with Crippen LogP contribution in [0.5, 0.6) is 0 Å². The van der Waals surface area contributed by atoms with Crippen LogP contribution in [0.4, 0.5) is 0 Å². The number of rotatable bonds is 1. The number of thiol groups is 1. The Hall–Kier alpha value is -0.960. The fourth-order valence-electron chi connectivity index (χ4n) is 1.70. The van der Waals surface area contributed by atoms with Gasteiger partial charge in [0, 0.05) is 12.1 Å². The number of hydrogen-bond donors (Lipinski definition) is 1. The minimum absolute atomic E-state index is 0.0839. The van der Waals surface area contributed by atoms with Crippen LogP contribution in [0.15, 0.2) is 24.3 Å². The maximum atomic E-state index is 11.9. The van der Waals surface area contributed by atoms with E-state index in [0.29, 0.717) is 6.54 Å². The molecule has 1 amide bonds. The summed E-state index contributed by atoms with van der Waals surface area (Å²) in [6, 6.07) is 7.72. The van der Waals surface area contributed by atoms with Crippen LogP contribution in [-0.2, 0) is 6.54 Å². The molecule has 1 heterocycles. The minimum Gasteiger partial charge on any atom is -0.320 e. The average molecular weight is 207 g/mol. The van der Waals surface area contributed by atoms with Gasteiger partial charge in [-0.1, -0.05) is 18.2 Å². The van der Waals surface area contributed by atoms with Crippen molar-refractivity contribution in [3.63, 3.8) is 0 Å². The predicted octanol–water partition coefficient (Wildman–Crippen LogP) is 2.31. The molecule has 1 aromatic rings. The Morgan fingerprint density at radius 3 is 2.57 bits per heavy atom. The highest BCUT2D eigenvalue weighted by Gasteiger charge is 2.34. The van der Waals surface area contributed by atoms with Crippen molar-refractivity contribution in [3.8, 4) is 0 Å². The Morgan fingerprint density at radius 1 is 1.36 bits per heavy atom. The van der Waals surface area contributed by atoms with Gasteiger partial charge in [-0.15, -0.1) is 0 Å². The molecule has 0 bridgehead atoms. The molecule has 0 atom stereocenters. The highest BCUT2D eigenvalue weighted by molar-refractivity contribution is 7.81. The lowest BCUT2D eigenvalue weighted by Gasteiger charge is -2.30. The molecule has 0 saturated heterocycles. The zero-order valence-corrected chi connectivity index (χ0v) is 9.21. The van der Waals surface area contributed by atoms with E-state index < -0.39 is 4.87 Å². The van der Waals surface area contributed by atoms with Gasteiger partial charge in [0.2, 0.25) is 0 Å². The molecule has 1 aliphatic heterocycles. The van der Waals surface area contributed by atoms with Gasteiger partial charge in [0.25, 0.3) is 5.91 Å². The van der Waals surface area contributed by atoms with Crippen LogP contribution in [0.1, 0.15) is 29.8 Å². The summed E-state index contributed by atoms with van der Waals surface area (Å²) in [5.74, 6) is 0.0839. The fraction of sp³-hybridized carbons (Fsp3) is 0.364. The lowest BCUT2D eigenvalue weighted by Crippen LogP contribution is -2.39. The van der Waals surface area contributed by atoms with Crippen molar-refractivity contribution in [2.24, 2.45) is 0 Å². The van der Waals surface area contributed by atoms with Crippen molar-refractivity contribution in [1.82, 2.24) is 4.90 Å². The molecule has 0 spiro atoms. The summed E-state index contributed by atoms with van der Waals surface area (Å²) in [7, 11) is 0. The molecule has 2 rings (SSSR count). The topological polar surface area (TPSA) is 20.3 Å². The molecule has 1 aliphatic rings. The molecular weight excluding hydrogens is 194 g/mol. The van der Waals surface area contributed by atoms with Crippen LogP contribution >= 0.6 is 12.6 Å². The summed E-state index contributed by atoms with van der Waals surface area (Å²) in [6.07, 6.45) is 0. The van der Waals surface area contributed by atoms with Crippen LogP contribution in [0.25, 0.3) is 0 Å². The smallest absolute Gasteiger partial charge is 0.255 e. The number of fused-ring (bicyclic) bond motifs is 1. The molecule has 0 saturated carbocycles. The van der Waals surface area contributed by atoms with Crippen LogP contribution in [0, 0.1) is 0 Å². The second-order valence-corrected chi connectivity index (χ2v) is 5.14. The van der Waals surface area contributed by atoms with E-state index in [1.54, 1.807) is 4.90 Å². The van der Waals surface area contributed by atoms with Crippen LogP contribution in [0.3, 0.4) is 0 Å². The first kappa shape index (κ1) is 9.59. The normalized spacial score (nSPS) is 15.9. The van der Waals surface area contributed by atoms with E-state index in [4.69, 9.17) is 0 Å². The number of hydrogen-bond acceptors (Lipinski definition) is 2. The first-order valence-corrected chi connectivity index (χ1v) is 5.07. The van der Waals surface area contributed by atoms with Crippen LogP contribution < -0.4 is 0 Å². The molecule has 0 N–H and O–H groups in total.